The van der Waals surface area contributed by atoms with Gasteiger partial charge in [-0.1, -0.05) is 20.3 Å². The minimum Gasteiger partial charge on any atom is -0.508 e. The van der Waals surface area contributed by atoms with Crippen molar-refractivity contribution in [2.24, 2.45) is 34.0 Å². The Morgan fingerprint density at radius 3 is 2.60 bits per heavy atom. The Morgan fingerprint density at radius 1 is 0.967 bits per heavy atom. The predicted octanol–water partition coefficient (Wildman–Crippen LogP) is 5.05. The molecule has 4 nitrogen and oxygen atoms in total. The molecule has 3 saturated carbocycles. The van der Waals surface area contributed by atoms with Gasteiger partial charge in [-0.05, 0) is 98.3 Å². The molecule has 4 fully saturated rings. The molecule has 3 unspecified atom stereocenters. The fraction of sp³-hybridized carbons (Fsp3) is 0.769. The summed E-state index contributed by atoms with van der Waals surface area (Å²) in [5.74, 6) is 2.66. The molecule has 3 aliphatic carbocycles. The Labute approximate surface area is 180 Å². The molecular formula is C26H36O4. The zero-order chi connectivity index (χ0) is 20.9. The lowest BCUT2D eigenvalue weighted by molar-refractivity contribution is -0.341. The number of phenolic OH excluding ortho intramolecular Hbond substituents is 1. The first-order valence-corrected chi connectivity index (χ1v) is 12.0. The second-order valence-corrected chi connectivity index (χ2v) is 11.9. The summed E-state index contributed by atoms with van der Waals surface area (Å²) in [5.41, 5.74) is 1.15. The second-order valence-electron chi connectivity index (χ2n) is 11.9. The van der Waals surface area contributed by atoms with Gasteiger partial charge in [0.15, 0.2) is 6.29 Å². The zero-order valence-corrected chi connectivity index (χ0v) is 18.6. The van der Waals surface area contributed by atoms with Gasteiger partial charge in [0.2, 0.25) is 0 Å². The van der Waals surface area contributed by atoms with Gasteiger partial charge in [0.05, 0.1) is 6.61 Å². The van der Waals surface area contributed by atoms with Crippen LogP contribution in [0.2, 0.25) is 0 Å². The molecule has 164 valence electrons. The average molecular weight is 413 g/mol. The molecule has 2 heterocycles. The van der Waals surface area contributed by atoms with Crippen LogP contribution in [0.3, 0.4) is 0 Å². The van der Waals surface area contributed by atoms with E-state index >= 15 is 0 Å². The van der Waals surface area contributed by atoms with Crippen LogP contribution in [0.4, 0.5) is 0 Å². The van der Waals surface area contributed by atoms with Crippen LogP contribution >= 0.6 is 0 Å². The predicted molar refractivity (Wildman–Crippen MR) is 114 cm³/mol. The van der Waals surface area contributed by atoms with Gasteiger partial charge in [-0.15, -0.1) is 0 Å². The van der Waals surface area contributed by atoms with Crippen LogP contribution in [0, 0.1) is 34.0 Å². The van der Waals surface area contributed by atoms with E-state index in [1.165, 1.54) is 25.7 Å². The summed E-state index contributed by atoms with van der Waals surface area (Å²) in [7, 11) is 0. The van der Waals surface area contributed by atoms with Crippen molar-refractivity contribution in [3.05, 3.63) is 23.8 Å². The molecule has 1 aromatic rings. The van der Waals surface area contributed by atoms with Gasteiger partial charge in [-0.2, -0.15) is 0 Å². The summed E-state index contributed by atoms with van der Waals surface area (Å²) in [4.78, 5) is 0. The lowest BCUT2D eigenvalue weighted by atomic mass is 9.36. The molecular weight excluding hydrogens is 376 g/mol. The highest BCUT2D eigenvalue weighted by Gasteiger charge is 2.71. The van der Waals surface area contributed by atoms with Crippen molar-refractivity contribution in [2.45, 2.75) is 84.0 Å². The molecule has 2 aliphatic heterocycles. The second kappa shape index (κ2) is 5.95. The first kappa shape index (κ1) is 19.4. The van der Waals surface area contributed by atoms with Gasteiger partial charge in [0, 0.05) is 11.3 Å². The van der Waals surface area contributed by atoms with Gasteiger partial charge in [-0.3, -0.25) is 0 Å². The van der Waals surface area contributed by atoms with E-state index in [9.17, 15) is 10.2 Å². The Balaban J connectivity index is 1.45. The lowest BCUT2D eigenvalue weighted by Crippen LogP contribution is -2.70. The summed E-state index contributed by atoms with van der Waals surface area (Å²) in [6.45, 7) is 7.91. The Hall–Kier alpha value is -1.26. The summed E-state index contributed by atoms with van der Waals surface area (Å²) >= 11 is 0. The fourth-order valence-electron chi connectivity index (χ4n) is 9.32. The van der Waals surface area contributed by atoms with Crippen molar-refractivity contribution < 1.29 is 19.7 Å². The van der Waals surface area contributed by atoms with Crippen molar-refractivity contribution >= 4 is 0 Å². The van der Waals surface area contributed by atoms with E-state index in [0.29, 0.717) is 30.1 Å². The molecule has 6 rings (SSSR count). The van der Waals surface area contributed by atoms with Crippen LogP contribution in [0.5, 0.6) is 11.5 Å². The molecule has 30 heavy (non-hydrogen) atoms. The summed E-state index contributed by atoms with van der Waals surface area (Å²) < 4.78 is 12.8. The number of benzene rings is 1. The molecule has 4 heteroatoms. The maximum Gasteiger partial charge on any atom is 0.160 e. The van der Waals surface area contributed by atoms with Crippen LogP contribution in [-0.2, 0) is 11.2 Å². The number of aromatic hydroxyl groups is 1. The highest BCUT2D eigenvalue weighted by atomic mass is 16.6. The van der Waals surface area contributed by atoms with Gasteiger partial charge >= 0.3 is 0 Å². The zero-order valence-electron chi connectivity index (χ0n) is 18.6. The number of aliphatic hydroxyl groups is 1. The van der Waals surface area contributed by atoms with E-state index < -0.39 is 6.29 Å². The van der Waals surface area contributed by atoms with Gasteiger partial charge in [-0.25, -0.2) is 0 Å². The molecule has 0 spiro atoms. The van der Waals surface area contributed by atoms with E-state index in [0.717, 1.165) is 37.0 Å². The Bertz CT molecular complexity index is 884. The number of hydrogen-bond donors (Lipinski definition) is 2. The van der Waals surface area contributed by atoms with Gasteiger partial charge in [0.25, 0.3) is 0 Å². The molecule has 0 radical (unpaired) electrons. The number of rotatable bonds is 0. The number of aliphatic hydroxyl groups excluding tert-OH is 1. The molecule has 1 saturated heterocycles. The molecule has 0 aromatic heterocycles. The first-order valence-electron chi connectivity index (χ1n) is 12.0. The largest absolute Gasteiger partial charge is 0.508 e. The molecule has 8 atom stereocenters. The van der Waals surface area contributed by atoms with Crippen LogP contribution in [0.1, 0.15) is 71.3 Å². The fourth-order valence-corrected chi connectivity index (χ4v) is 9.32. The van der Waals surface area contributed by atoms with Crippen molar-refractivity contribution in [3.8, 4) is 11.5 Å². The minimum absolute atomic E-state index is 0.104. The summed E-state index contributed by atoms with van der Waals surface area (Å²) in [5, 5.41) is 21.4. The normalized spacial score (nSPS) is 51.6. The van der Waals surface area contributed by atoms with Crippen molar-refractivity contribution in [1.82, 2.24) is 0 Å². The highest BCUT2D eigenvalue weighted by Crippen LogP contribution is 2.73. The van der Waals surface area contributed by atoms with Gasteiger partial charge < -0.3 is 19.7 Å². The monoisotopic (exact) mass is 412 g/mol. The van der Waals surface area contributed by atoms with Crippen LogP contribution in [0.25, 0.3) is 0 Å². The number of ether oxygens (including phenoxy) is 2. The van der Waals surface area contributed by atoms with E-state index in [4.69, 9.17) is 9.47 Å². The molecule has 2 bridgehead atoms. The summed E-state index contributed by atoms with van der Waals surface area (Å²) in [6, 6.07) is 5.56. The Kier molecular flexibility index (Phi) is 3.85. The number of fused-ring (bicyclic) bond motifs is 4. The molecule has 1 aromatic carbocycles. The molecule has 5 aliphatic rings. The highest BCUT2D eigenvalue weighted by molar-refractivity contribution is 5.43. The average Bonchev–Trinajstić information content (AvgIpc) is 2.70. The van der Waals surface area contributed by atoms with Crippen molar-refractivity contribution in [1.29, 1.82) is 0 Å². The minimum atomic E-state index is -0.634. The first-order chi connectivity index (χ1) is 14.2. The lowest BCUT2D eigenvalue weighted by Gasteiger charge is -2.71. The van der Waals surface area contributed by atoms with E-state index in [1.54, 1.807) is 6.07 Å². The third-order valence-electron chi connectivity index (χ3n) is 10.6. The third kappa shape index (κ3) is 2.25. The topological polar surface area (TPSA) is 58.9 Å². The van der Waals surface area contributed by atoms with Crippen LogP contribution < -0.4 is 4.74 Å². The maximum absolute atomic E-state index is 11.3. The maximum atomic E-state index is 11.3. The SMILES string of the molecule is C[C@]12CCC[C@]3(C1CC[C@]1(C)C3CC[C@]3(C)Oc4ccc(O)cc4CC13)[C@H](O)OC2. The van der Waals surface area contributed by atoms with E-state index in [2.05, 4.69) is 20.8 Å². The summed E-state index contributed by atoms with van der Waals surface area (Å²) in [6.07, 6.45) is 8.35. The van der Waals surface area contributed by atoms with Crippen LogP contribution in [0.15, 0.2) is 18.2 Å². The van der Waals surface area contributed by atoms with E-state index in [-0.39, 0.29) is 21.8 Å². The Morgan fingerprint density at radius 2 is 1.77 bits per heavy atom. The number of phenols is 1. The quantitative estimate of drug-likeness (QED) is 0.626. The molecule has 2 N–H and O–H groups in total. The standard InChI is InChI=1S/C26H36O4/c1-23-9-4-10-26(22(28)29-15-23)19(23)7-11-24(2)20(26)8-12-25(3)21(24)14-16-13-17(27)5-6-18(16)30-25/h5-6,13,19-22,27-28H,4,7-12,14-15H2,1-3H3/t19?,20?,21?,22-,23-,24-,25+,26-/m1/s1. The number of hydrogen-bond acceptors (Lipinski definition) is 4. The van der Waals surface area contributed by atoms with Crippen molar-refractivity contribution in [3.63, 3.8) is 0 Å². The van der Waals surface area contributed by atoms with E-state index in [1.807, 2.05) is 12.1 Å². The smallest absolute Gasteiger partial charge is 0.160 e. The van der Waals surface area contributed by atoms with Crippen molar-refractivity contribution in [2.75, 3.05) is 6.61 Å². The molecule has 0 amide bonds. The van der Waals surface area contributed by atoms with Crippen LogP contribution in [-0.4, -0.2) is 28.7 Å². The third-order valence-corrected chi connectivity index (χ3v) is 10.6. The van der Waals surface area contributed by atoms with Gasteiger partial charge in [0.1, 0.15) is 17.1 Å².